The van der Waals surface area contributed by atoms with Crippen molar-refractivity contribution in [2.45, 2.75) is 57.4 Å². The smallest absolute Gasteiger partial charge is 0.317 e. The summed E-state index contributed by atoms with van der Waals surface area (Å²) in [7, 11) is 0. The normalized spacial score (nSPS) is 22.6. The Morgan fingerprint density at radius 2 is 1.80 bits per heavy atom. The lowest BCUT2D eigenvalue weighted by Crippen LogP contribution is -2.61. The molecule has 0 aromatic heterocycles. The van der Waals surface area contributed by atoms with Crippen molar-refractivity contribution in [2.75, 3.05) is 13.2 Å². The number of carbonyl (C=O) groups excluding carboxylic acids is 1. The van der Waals surface area contributed by atoms with E-state index >= 15 is 0 Å². The van der Waals surface area contributed by atoms with Gasteiger partial charge in [0, 0.05) is 19.1 Å². The van der Waals surface area contributed by atoms with Crippen molar-refractivity contribution in [1.82, 2.24) is 4.90 Å². The molecule has 4 unspecified atom stereocenters. The second-order valence-electron chi connectivity index (χ2n) is 9.40. The third-order valence-electron chi connectivity index (χ3n) is 7.27. The van der Waals surface area contributed by atoms with Crippen LogP contribution in [0.15, 0.2) is 48.1 Å². The third kappa shape index (κ3) is 6.36. The number of aliphatic hydroxyl groups is 1. The Kier molecular flexibility index (Phi) is 9.20. The van der Waals surface area contributed by atoms with Crippen molar-refractivity contribution < 1.29 is 34.1 Å². The zero-order chi connectivity index (χ0) is 25.5. The SMILES string of the molecule is CCN1C(=O)C(CCC(CO)c2ccc(F)cc2)C1C1=CCC(CCCC(C(=O)O)C(=O)O)C=C1. The Morgan fingerprint density at radius 1 is 1.11 bits per heavy atom. The van der Waals surface area contributed by atoms with E-state index in [4.69, 9.17) is 10.2 Å². The number of hydrogen-bond donors (Lipinski definition) is 3. The summed E-state index contributed by atoms with van der Waals surface area (Å²) in [4.78, 5) is 36.7. The van der Waals surface area contributed by atoms with Crippen LogP contribution in [0.3, 0.4) is 0 Å². The van der Waals surface area contributed by atoms with E-state index in [1.165, 1.54) is 12.1 Å². The zero-order valence-corrected chi connectivity index (χ0v) is 20.0. The van der Waals surface area contributed by atoms with E-state index in [1.807, 2.05) is 17.9 Å². The summed E-state index contributed by atoms with van der Waals surface area (Å²) in [5.74, 6) is -4.29. The second-order valence-corrected chi connectivity index (χ2v) is 9.40. The number of halogens is 1. The fraction of sp³-hybridized carbons (Fsp3) is 0.519. The van der Waals surface area contributed by atoms with E-state index in [0.717, 1.165) is 17.6 Å². The highest BCUT2D eigenvalue weighted by atomic mass is 19.1. The number of likely N-dealkylation sites (tertiary alicyclic amines) is 1. The predicted octanol–water partition coefficient (Wildman–Crippen LogP) is 3.99. The minimum absolute atomic E-state index is 0.0133. The maximum atomic E-state index is 13.2. The number of amides is 1. The molecule has 0 spiro atoms. The van der Waals surface area contributed by atoms with Crippen LogP contribution in [-0.2, 0) is 14.4 Å². The summed E-state index contributed by atoms with van der Waals surface area (Å²) in [6.45, 7) is 2.50. The van der Waals surface area contributed by atoms with Crippen LogP contribution in [0, 0.1) is 23.6 Å². The van der Waals surface area contributed by atoms with Crippen molar-refractivity contribution in [1.29, 1.82) is 0 Å². The number of likely N-dealkylation sites (N-methyl/N-ethyl adjacent to an activating group) is 1. The summed E-state index contributed by atoms with van der Waals surface area (Å²) in [6, 6.07) is 6.10. The van der Waals surface area contributed by atoms with Crippen LogP contribution in [-0.4, -0.2) is 57.3 Å². The van der Waals surface area contributed by atoms with Crippen LogP contribution in [0.1, 0.15) is 56.9 Å². The molecule has 3 rings (SSSR count). The number of carboxylic acids is 2. The molecular weight excluding hydrogens is 453 g/mol. The summed E-state index contributed by atoms with van der Waals surface area (Å²) < 4.78 is 13.2. The van der Waals surface area contributed by atoms with Crippen LogP contribution >= 0.6 is 0 Å². The molecule has 0 bridgehead atoms. The number of hydrogen-bond acceptors (Lipinski definition) is 4. The molecule has 2 aliphatic rings. The first-order valence-electron chi connectivity index (χ1n) is 12.3. The Labute approximate surface area is 204 Å². The third-order valence-corrected chi connectivity index (χ3v) is 7.27. The monoisotopic (exact) mass is 487 g/mol. The van der Waals surface area contributed by atoms with Crippen LogP contribution in [0.5, 0.6) is 0 Å². The summed E-state index contributed by atoms with van der Waals surface area (Å²) in [6.07, 6.45) is 9.59. The summed E-state index contributed by atoms with van der Waals surface area (Å²) >= 11 is 0. The van der Waals surface area contributed by atoms with Gasteiger partial charge in [0.1, 0.15) is 5.82 Å². The molecule has 1 heterocycles. The number of nitrogens with zero attached hydrogens (tertiary/aromatic N) is 1. The van der Waals surface area contributed by atoms with Crippen molar-refractivity contribution in [3.8, 4) is 0 Å². The van der Waals surface area contributed by atoms with Crippen molar-refractivity contribution >= 4 is 17.8 Å². The maximum Gasteiger partial charge on any atom is 0.317 e. The van der Waals surface area contributed by atoms with E-state index in [0.29, 0.717) is 32.2 Å². The molecule has 0 saturated carbocycles. The molecule has 8 heteroatoms. The summed E-state index contributed by atoms with van der Waals surface area (Å²) in [5, 5.41) is 27.9. The van der Waals surface area contributed by atoms with E-state index in [-0.39, 0.29) is 48.5 Å². The Balaban J connectivity index is 1.56. The number of β-lactam (4-membered cyclic amide) rings is 1. The maximum absolute atomic E-state index is 13.2. The van der Waals surface area contributed by atoms with Gasteiger partial charge >= 0.3 is 11.9 Å². The van der Waals surface area contributed by atoms with Crippen LogP contribution in [0.4, 0.5) is 4.39 Å². The number of carboxylic acid groups (broad SMARTS) is 2. The zero-order valence-electron chi connectivity index (χ0n) is 20.0. The Bertz CT molecular complexity index is 958. The number of aliphatic carboxylic acids is 2. The molecule has 1 saturated heterocycles. The molecule has 35 heavy (non-hydrogen) atoms. The van der Waals surface area contributed by atoms with Crippen LogP contribution in [0.25, 0.3) is 0 Å². The molecule has 1 amide bonds. The highest BCUT2D eigenvalue weighted by molar-refractivity contribution is 5.92. The van der Waals surface area contributed by atoms with Crippen LogP contribution < -0.4 is 0 Å². The topological polar surface area (TPSA) is 115 Å². The number of rotatable bonds is 13. The van der Waals surface area contributed by atoms with Gasteiger partial charge in [-0.25, -0.2) is 4.39 Å². The molecule has 1 aromatic carbocycles. The first-order valence-corrected chi connectivity index (χ1v) is 12.3. The van der Waals surface area contributed by atoms with Crippen molar-refractivity contribution in [2.24, 2.45) is 17.8 Å². The van der Waals surface area contributed by atoms with Crippen molar-refractivity contribution in [3.05, 3.63) is 59.4 Å². The molecule has 1 aromatic rings. The van der Waals surface area contributed by atoms with Gasteiger partial charge in [-0.2, -0.15) is 0 Å². The van der Waals surface area contributed by atoms with Gasteiger partial charge in [-0.15, -0.1) is 0 Å². The first kappa shape index (κ1) is 26.6. The average molecular weight is 488 g/mol. The van der Waals surface area contributed by atoms with Gasteiger partial charge in [0.15, 0.2) is 5.92 Å². The van der Waals surface area contributed by atoms with Gasteiger partial charge in [0.25, 0.3) is 0 Å². The highest BCUT2D eigenvalue weighted by Gasteiger charge is 2.47. The first-order chi connectivity index (χ1) is 16.8. The van der Waals surface area contributed by atoms with Gasteiger partial charge in [0.05, 0.1) is 12.0 Å². The van der Waals surface area contributed by atoms with Gasteiger partial charge in [-0.3, -0.25) is 14.4 Å². The Hall–Kier alpha value is -3.00. The van der Waals surface area contributed by atoms with Crippen LogP contribution in [0.2, 0.25) is 0 Å². The lowest BCUT2D eigenvalue weighted by atomic mass is 9.75. The van der Waals surface area contributed by atoms with Gasteiger partial charge in [-0.05, 0) is 68.2 Å². The van der Waals surface area contributed by atoms with E-state index in [2.05, 4.69) is 12.2 Å². The lowest BCUT2D eigenvalue weighted by Gasteiger charge is -2.48. The largest absolute Gasteiger partial charge is 0.481 e. The summed E-state index contributed by atoms with van der Waals surface area (Å²) in [5.41, 5.74) is 1.95. The number of allylic oxidation sites excluding steroid dienone is 2. The molecule has 4 atom stereocenters. The molecule has 1 aliphatic heterocycles. The minimum atomic E-state index is -1.37. The highest BCUT2D eigenvalue weighted by Crippen LogP contribution is 2.39. The molecule has 3 N–H and O–H groups in total. The molecular formula is C27H34FNO6. The molecule has 1 fully saturated rings. The fourth-order valence-corrected chi connectivity index (χ4v) is 5.20. The minimum Gasteiger partial charge on any atom is -0.481 e. The van der Waals surface area contributed by atoms with Gasteiger partial charge in [0.2, 0.25) is 5.91 Å². The number of benzene rings is 1. The van der Waals surface area contributed by atoms with E-state index in [9.17, 15) is 23.9 Å². The van der Waals surface area contributed by atoms with E-state index < -0.39 is 17.9 Å². The predicted molar refractivity (Wildman–Crippen MR) is 128 cm³/mol. The lowest BCUT2D eigenvalue weighted by molar-refractivity contribution is -0.155. The second kappa shape index (κ2) is 12.1. The molecule has 0 radical (unpaired) electrons. The standard InChI is InChI=1S/C27H34FNO6/c1-2-29-24(19-8-6-17(7-9-19)4-3-5-23(26(32)33)27(34)35)22(25(29)31)15-12-20(16-30)18-10-13-21(28)14-11-18/h6,8-11,13-14,17,20,22-24,30H,2-5,7,12,15-16H2,1H3,(H,32,33)(H,34,35). The molecule has 1 aliphatic carbocycles. The van der Waals surface area contributed by atoms with E-state index in [1.54, 1.807) is 12.1 Å². The average Bonchev–Trinajstić information content (AvgIpc) is 2.83. The fourth-order valence-electron chi connectivity index (χ4n) is 5.20. The van der Waals surface area contributed by atoms with Gasteiger partial charge in [-0.1, -0.05) is 36.8 Å². The number of aliphatic hydroxyl groups excluding tert-OH is 1. The molecule has 190 valence electrons. The quantitative estimate of drug-likeness (QED) is 0.286. The van der Waals surface area contributed by atoms with Gasteiger partial charge < -0.3 is 20.2 Å². The number of carbonyl (C=O) groups is 3. The molecule has 7 nitrogen and oxygen atoms in total. The van der Waals surface area contributed by atoms with Crippen molar-refractivity contribution in [3.63, 3.8) is 0 Å². The Morgan fingerprint density at radius 3 is 2.34 bits per heavy atom.